The summed E-state index contributed by atoms with van der Waals surface area (Å²) in [5.41, 5.74) is 1.58. The fourth-order valence-corrected chi connectivity index (χ4v) is 2.41. The third-order valence-electron chi connectivity index (χ3n) is 3.79. The minimum Gasteiger partial charge on any atom is -0.496 e. The van der Waals surface area contributed by atoms with Crippen molar-refractivity contribution in [1.82, 2.24) is 10.6 Å². The molecule has 0 unspecified atom stereocenters. The highest BCUT2D eigenvalue weighted by Crippen LogP contribution is 2.21. The zero-order valence-electron chi connectivity index (χ0n) is 12.3. The van der Waals surface area contributed by atoms with Gasteiger partial charge in [-0.2, -0.15) is 0 Å². The summed E-state index contributed by atoms with van der Waals surface area (Å²) in [4.78, 5) is 12.3. The van der Waals surface area contributed by atoms with E-state index < -0.39 is 0 Å². The summed E-state index contributed by atoms with van der Waals surface area (Å²) < 4.78 is 5.26. The summed E-state index contributed by atoms with van der Waals surface area (Å²) in [6, 6.07) is 5.56. The van der Waals surface area contributed by atoms with Gasteiger partial charge in [-0.3, -0.25) is 4.79 Å². The summed E-state index contributed by atoms with van der Waals surface area (Å²) in [7, 11) is 1.62. The second-order valence-corrected chi connectivity index (χ2v) is 5.45. The van der Waals surface area contributed by atoms with E-state index in [0.717, 1.165) is 37.2 Å². The Morgan fingerprint density at radius 2 is 2.00 bits per heavy atom. The average Bonchev–Trinajstić information content (AvgIpc) is 2.39. The molecule has 1 saturated heterocycles. The molecule has 1 fully saturated rings. The first-order valence-corrected chi connectivity index (χ1v) is 6.72. The second-order valence-electron chi connectivity index (χ2n) is 5.45. The number of hydrogen-bond acceptors (Lipinski definition) is 3. The number of rotatable bonds is 3. The van der Waals surface area contributed by atoms with Gasteiger partial charge in [0.25, 0.3) is 5.91 Å². The summed E-state index contributed by atoms with van der Waals surface area (Å²) in [6.45, 7) is 5.98. The highest BCUT2D eigenvalue weighted by atomic mass is 35.5. The number of ether oxygens (including phenoxy) is 1. The Morgan fingerprint density at radius 3 is 2.60 bits per heavy atom. The third-order valence-corrected chi connectivity index (χ3v) is 3.79. The molecule has 20 heavy (non-hydrogen) atoms. The topological polar surface area (TPSA) is 50.4 Å². The molecule has 1 aliphatic rings. The van der Waals surface area contributed by atoms with Crippen molar-refractivity contribution in [2.45, 2.75) is 32.2 Å². The van der Waals surface area contributed by atoms with E-state index in [0.29, 0.717) is 5.56 Å². The van der Waals surface area contributed by atoms with E-state index in [1.165, 1.54) is 0 Å². The number of amides is 1. The van der Waals surface area contributed by atoms with Crippen molar-refractivity contribution >= 4 is 18.3 Å². The van der Waals surface area contributed by atoms with E-state index in [2.05, 4.69) is 17.6 Å². The minimum absolute atomic E-state index is 0. The molecular weight excluding hydrogens is 276 g/mol. The van der Waals surface area contributed by atoms with Crippen LogP contribution in [-0.2, 0) is 0 Å². The molecule has 0 bridgehead atoms. The first-order chi connectivity index (χ1) is 9.04. The van der Waals surface area contributed by atoms with Crippen molar-refractivity contribution in [3.05, 3.63) is 29.3 Å². The Balaban J connectivity index is 0.00000200. The molecule has 0 aliphatic carbocycles. The zero-order chi connectivity index (χ0) is 13.9. The van der Waals surface area contributed by atoms with Gasteiger partial charge in [-0.15, -0.1) is 12.4 Å². The van der Waals surface area contributed by atoms with Crippen LogP contribution in [0, 0.1) is 6.92 Å². The minimum atomic E-state index is -0.111. The van der Waals surface area contributed by atoms with E-state index in [9.17, 15) is 4.79 Å². The van der Waals surface area contributed by atoms with E-state index in [1.807, 2.05) is 19.1 Å². The van der Waals surface area contributed by atoms with Crippen LogP contribution in [0.1, 0.15) is 35.7 Å². The van der Waals surface area contributed by atoms with Crippen molar-refractivity contribution in [1.29, 1.82) is 0 Å². The Bertz CT molecular complexity index is 471. The van der Waals surface area contributed by atoms with Gasteiger partial charge in [0.2, 0.25) is 0 Å². The number of carbonyl (C=O) groups is 1. The maximum Gasteiger partial charge on any atom is 0.251 e. The molecule has 4 nitrogen and oxygen atoms in total. The molecule has 112 valence electrons. The number of carbonyl (C=O) groups excluding carboxylic acids is 1. The standard InChI is InChI=1S/C15H22N2O2.ClH/c1-11-4-5-12(10-13(11)19-3)14(18)17-15(2)6-8-16-9-7-15;/h4-5,10,16H,6-9H2,1-3H3,(H,17,18);1H. The zero-order valence-corrected chi connectivity index (χ0v) is 13.1. The lowest BCUT2D eigenvalue weighted by Gasteiger charge is -2.35. The van der Waals surface area contributed by atoms with Crippen LogP contribution in [0.3, 0.4) is 0 Å². The molecule has 0 radical (unpaired) electrons. The number of hydrogen-bond donors (Lipinski definition) is 2. The maximum absolute atomic E-state index is 12.3. The quantitative estimate of drug-likeness (QED) is 0.900. The number of nitrogens with one attached hydrogen (secondary N) is 2. The van der Waals surface area contributed by atoms with Crippen molar-refractivity contribution < 1.29 is 9.53 Å². The molecule has 0 atom stereocenters. The van der Waals surface area contributed by atoms with Gasteiger partial charge in [-0.1, -0.05) is 6.07 Å². The highest BCUT2D eigenvalue weighted by molar-refractivity contribution is 5.95. The fourth-order valence-electron chi connectivity index (χ4n) is 2.41. The van der Waals surface area contributed by atoms with Crippen molar-refractivity contribution in [3.8, 4) is 5.75 Å². The highest BCUT2D eigenvalue weighted by Gasteiger charge is 2.28. The molecule has 2 rings (SSSR count). The molecule has 0 aromatic heterocycles. The molecule has 1 aromatic carbocycles. The number of aryl methyl sites for hydroxylation is 1. The molecule has 1 aliphatic heterocycles. The SMILES string of the molecule is COc1cc(C(=O)NC2(C)CCNCC2)ccc1C.Cl. The van der Waals surface area contributed by atoms with Crippen molar-refractivity contribution in [2.24, 2.45) is 0 Å². The smallest absolute Gasteiger partial charge is 0.251 e. The van der Waals surface area contributed by atoms with E-state index in [-0.39, 0.29) is 23.9 Å². The van der Waals surface area contributed by atoms with Gasteiger partial charge in [-0.25, -0.2) is 0 Å². The molecule has 2 N–H and O–H groups in total. The lowest BCUT2D eigenvalue weighted by Crippen LogP contribution is -2.52. The summed E-state index contributed by atoms with van der Waals surface area (Å²) in [5, 5.41) is 6.46. The van der Waals surface area contributed by atoms with E-state index in [1.54, 1.807) is 13.2 Å². The molecule has 5 heteroatoms. The number of halogens is 1. The monoisotopic (exact) mass is 298 g/mol. The lowest BCUT2D eigenvalue weighted by molar-refractivity contribution is 0.0887. The Hall–Kier alpha value is -1.26. The van der Waals surface area contributed by atoms with Crippen LogP contribution in [0.15, 0.2) is 18.2 Å². The van der Waals surface area contributed by atoms with Gasteiger partial charge in [0.15, 0.2) is 0 Å². The van der Waals surface area contributed by atoms with Gasteiger partial charge >= 0.3 is 0 Å². The van der Waals surface area contributed by atoms with Crippen LogP contribution < -0.4 is 15.4 Å². The Kier molecular flexibility index (Phi) is 5.84. The molecule has 1 amide bonds. The third kappa shape index (κ3) is 3.87. The van der Waals surface area contributed by atoms with Crippen LogP contribution in [0.4, 0.5) is 0 Å². The van der Waals surface area contributed by atoms with E-state index >= 15 is 0 Å². The maximum atomic E-state index is 12.3. The van der Waals surface area contributed by atoms with Crippen LogP contribution >= 0.6 is 12.4 Å². The van der Waals surface area contributed by atoms with Gasteiger partial charge in [-0.05, 0) is 57.5 Å². The molecule has 0 spiro atoms. The summed E-state index contributed by atoms with van der Waals surface area (Å²) in [5.74, 6) is 0.728. The van der Waals surface area contributed by atoms with E-state index in [4.69, 9.17) is 4.74 Å². The van der Waals surface area contributed by atoms with Crippen molar-refractivity contribution in [2.75, 3.05) is 20.2 Å². The second kappa shape index (κ2) is 6.95. The predicted octanol–water partition coefficient (Wildman–Crippen LogP) is 2.30. The van der Waals surface area contributed by atoms with Crippen LogP contribution in [0.25, 0.3) is 0 Å². The molecule has 1 aromatic rings. The molecule has 0 saturated carbocycles. The summed E-state index contributed by atoms with van der Waals surface area (Å²) in [6.07, 6.45) is 1.92. The van der Waals surface area contributed by atoms with Gasteiger partial charge < -0.3 is 15.4 Å². The number of benzene rings is 1. The fraction of sp³-hybridized carbons (Fsp3) is 0.533. The number of piperidine rings is 1. The normalized spacial score (nSPS) is 16.9. The van der Waals surface area contributed by atoms with Gasteiger partial charge in [0.05, 0.1) is 7.11 Å². The molecular formula is C15H23ClN2O2. The Labute approximate surface area is 126 Å². The predicted molar refractivity (Wildman–Crippen MR) is 83.0 cm³/mol. The van der Waals surface area contributed by atoms with Crippen molar-refractivity contribution in [3.63, 3.8) is 0 Å². The first-order valence-electron chi connectivity index (χ1n) is 6.72. The first kappa shape index (κ1) is 16.8. The van der Waals surface area contributed by atoms with Gasteiger partial charge in [0, 0.05) is 11.1 Å². The van der Waals surface area contributed by atoms with Gasteiger partial charge in [0.1, 0.15) is 5.75 Å². The molecule has 1 heterocycles. The lowest BCUT2D eigenvalue weighted by atomic mass is 9.90. The van der Waals surface area contributed by atoms with Crippen LogP contribution in [0.2, 0.25) is 0 Å². The summed E-state index contributed by atoms with van der Waals surface area (Å²) >= 11 is 0. The average molecular weight is 299 g/mol. The largest absolute Gasteiger partial charge is 0.496 e. The number of methoxy groups -OCH3 is 1. The van der Waals surface area contributed by atoms with Crippen LogP contribution in [0.5, 0.6) is 5.75 Å². The van der Waals surface area contributed by atoms with Crippen LogP contribution in [-0.4, -0.2) is 31.6 Å². The Morgan fingerprint density at radius 1 is 1.35 bits per heavy atom.